The molecule has 0 aliphatic carbocycles. The Hall–Kier alpha value is -5.84. The molecule has 1 fully saturated rings. The lowest BCUT2D eigenvalue weighted by Gasteiger charge is -2.26. The number of carboxylic acid groups (broad SMARTS) is 1. The summed E-state index contributed by atoms with van der Waals surface area (Å²) in [4.78, 5) is 87.6. The Morgan fingerprint density at radius 3 is 2.08 bits per heavy atom. The fourth-order valence-electron chi connectivity index (χ4n) is 4.95. The second-order valence-electron chi connectivity index (χ2n) is 11.1. The zero-order valence-corrected chi connectivity index (χ0v) is 25.6. The number of nitrogens with one attached hydrogen (secondary N) is 6. The first-order valence-electron chi connectivity index (χ1n) is 15.0. The normalized spacial score (nSPS) is 16.4. The van der Waals surface area contributed by atoms with E-state index < -0.39 is 66.4 Å². The highest BCUT2D eigenvalue weighted by atomic mass is 16.4. The lowest BCUT2D eigenvalue weighted by atomic mass is 10.0. The molecule has 0 bridgehead atoms. The average molecular weight is 665 g/mol. The molecule has 2 aromatic heterocycles. The van der Waals surface area contributed by atoms with Crippen LogP contribution in [0.5, 0.6) is 5.75 Å². The molecule has 254 valence electrons. The summed E-state index contributed by atoms with van der Waals surface area (Å²) in [6.07, 6.45) is 5.98. The van der Waals surface area contributed by atoms with Gasteiger partial charge in [-0.15, -0.1) is 0 Å². The van der Waals surface area contributed by atoms with E-state index in [-0.39, 0.29) is 43.8 Å². The summed E-state index contributed by atoms with van der Waals surface area (Å²) >= 11 is 0. The number of imidazole rings is 1. The van der Waals surface area contributed by atoms with Gasteiger partial charge >= 0.3 is 5.97 Å². The van der Waals surface area contributed by atoms with Crippen LogP contribution in [0.4, 0.5) is 0 Å². The van der Waals surface area contributed by atoms with Crippen molar-refractivity contribution in [3.63, 3.8) is 0 Å². The van der Waals surface area contributed by atoms with Gasteiger partial charge in [0.25, 0.3) is 0 Å². The number of amides is 5. The van der Waals surface area contributed by atoms with Crippen molar-refractivity contribution >= 4 is 35.5 Å². The third kappa shape index (κ3) is 10.1. The number of phenols is 1. The minimum absolute atomic E-state index is 0.0252. The fourth-order valence-corrected chi connectivity index (χ4v) is 4.95. The highest BCUT2D eigenvalue weighted by Gasteiger charge is 2.34. The van der Waals surface area contributed by atoms with Crippen molar-refractivity contribution in [2.45, 2.75) is 62.3 Å². The quantitative estimate of drug-likeness (QED) is 0.0796. The maximum absolute atomic E-state index is 13.6. The zero-order chi connectivity index (χ0) is 34.6. The number of carbonyl (C=O) groups excluding carboxylic acids is 5. The van der Waals surface area contributed by atoms with Gasteiger partial charge in [-0.25, -0.2) is 9.78 Å². The Kier molecular flexibility index (Phi) is 12.1. The van der Waals surface area contributed by atoms with Crippen LogP contribution in [0, 0.1) is 0 Å². The van der Waals surface area contributed by atoms with Gasteiger partial charge in [0.15, 0.2) is 0 Å². The van der Waals surface area contributed by atoms with Crippen LogP contribution in [0.25, 0.3) is 0 Å². The van der Waals surface area contributed by atoms with E-state index in [9.17, 15) is 44.1 Å². The molecule has 3 heterocycles. The summed E-state index contributed by atoms with van der Waals surface area (Å²) in [6.45, 7) is -0.901. The molecule has 0 saturated carbocycles. The molecule has 48 heavy (non-hydrogen) atoms. The van der Waals surface area contributed by atoms with Crippen molar-refractivity contribution in [3.8, 4) is 5.75 Å². The molecule has 17 nitrogen and oxygen atoms in total. The maximum Gasteiger partial charge on any atom is 0.326 e. The number of hydrogen-bond donors (Lipinski definition) is 9. The fraction of sp³-hybridized carbons (Fsp3) is 0.355. The topological polar surface area (TPSA) is 265 Å². The van der Waals surface area contributed by atoms with Gasteiger partial charge in [0, 0.05) is 44.3 Å². The van der Waals surface area contributed by atoms with Crippen molar-refractivity contribution in [2.75, 3.05) is 6.61 Å². The van der Waals surface area contributed by atoms with E-state index >= 15 is 0 Å². The molecule has 1 aliphatic rings. The predicted octanol–water partition coefficient (Wildman–Crippen LogP) is -2.17. The summed E-state index contributed by atoms with van der Waals surface area (Å²) in [5.74, 6) is -4.95. The number of hydrogen-bond acceptors (Lipinski definition) is 10. The van der Waals surface area contributed by atoms with Crippen molar-refractivity contribution in [3.05, 3.63) is 78.1 Å². The van der Waals surface area contributed by atoms with Crippen LogP contribution in [0.3, 0.4) is 0 Å². The molecular formula is C31H36N8O9. The number of aromatic amines is 1. The predicted molar refractivity (Wildman–Crippen MR) is 166 cm³/mol. The number of pyridine rings is 1. The number of phenolic OH excluding ortho intramolecular Hbond substituents is 1. The number of nitrogens with zero attached hydrogens (tertiary/aromatic N) is 2. The van der Waals surface area contributed by atoms with Crippen molar-refractivity contribution in [2.24, 2.45) is 0 Å². The lowest BCUT2D eigenvalue weighted by molar-refractivity contribution is -0.142. The highest BCUT2D eigenvalue weighted by Crippen LogP contribution is 2.12. The van der Waals surface area contributed by atoms with E-state index in [4.69, 9.17) is 0 Å². The number of aliphatic carboxylic acids is 1. The SMILES string of the molecule is O=C1CC[C@@H](C(=O)N[C@@H](Cc2c[nH]cn2)C(=O)N[C@H](Cc2cccnc2)C(=O)N[C@@H](CO)C(=O)N[C@@H](Cc2ccc(O)cc2)C(=O)O)N1. The zero-order valence-electron chi connectivity index (χ0n) is 25.6. The largest absolute Gasteiger partial charge is 0.508 e. The summed E-state index contributed by atoms with van der Waals surface area (Å²) in [5.41, 5.74) is 1.46. The summed E-state index contributed by atoms with van der Waals surface area (Å²) in [6, 6.07) is 2.52. The number of carbonyl (C=O) groups is 6. The molecule has 0 radical (unpaired) electrons. The van der Waals surface area contributed by atoms with Crippen molar-refractivity contribution in [1.29, 1.82) is 0 Å². The minimum atomic E-state index is -1.60. The number of aromatic hydroxyl groups is 1. The van der Waals surface area contributed by atoms with E-state index in [2.05, 4.69) is 41.5 Å². The van der Waals surface area contributed by atoms with E-state index in [0.717, 1.165) is 0 Å². The van der Waals surface area contributed by atoms with Gasteiger partial charge in [0.2, 0.25) is 29.5 Å². The third-order valence-corrected chi connectivity index (χ3v) is 7.51. The average Bonchev–Trinajstić information content (AvgIpc) is 3.75. The molecule has 1 aliphatic heterocycles. The van der Waals surface area contributed by atoms with Crippen LogP contribution in [0.2, 0.25) is 0 Å². The smallest absolute Gasteiger partial charge is 0.326 e. The van der Waals surface area contributed by atoms with Crippen LogP contribution >= 0.6 is 0 Å². The summed E-state index contributed by atoms with van der Waals surface area (Å²) in [5, 5.41) is 41.6. The first-order valence-corrected chi connectivity index (χ1v) is 15.0. The number of H-pyrrole nitrogens is 1. The van der Waals surface area contributed by atoms with Crippen LogP contribution in [-0.4, -0.2) is 103 Å². The third-order valence-electron chi connectivity index (χ3n) is 7.51. The van der Waals surface area contributed by atoms with Gasteiger partial charge in [0.1, 0.15) is 36.0 Å². The Bertz CT molecular complexity index is 1580. The highest BCUT2D eigenvalue weighted by molar-refractivity contribution is 5.97. The van der Waals surface area contributed by atoms with Gasteiger partial charge in [-0.05, 0) is 35.7 Å². The van der Waals surface area contributed by atoms with E-state index in [1.807, 2.05) is 0 Å². The van der Waals surface area contributed by atoms with Gasteiger partial charge in [0.05, 0.1) is 18.6 Å². The monoisotopic (exact) mass is 664 g/mol. The molecule has 0 spiro atoms. The first-order chi connectivity index (χ1) is 23.0. The molecule has 9 N–H and O–H groups in total. The number of aromatic nitrogens is 3. The van der Waals surface area contributed by atoms with Crippen LogP contribution in [0.1, 0.15) is 29.7 Å². The van der Waals surface area contributed by atoms with Gasteiger partial charge in [-0.3, -0.25) is 29.0 Å². The Labute approximate surface area is 273 Å². The molecule has 4 rings (SSSR count). The molecule has 5 atom stereocenters. The van der Waals surface area contributed by atoms with Gasteiger partial charge in [-0.1, -0.05) is 18.2 Å². The number of aliphatic hydroxyl groups is 1. The Morgan fingerprint density at radius 2 is 1.50 bits per heavy atom. The number of carboxylic acids is 1. The number of benzene rings is 1. The standard InChI is InChI=1S/C31H36N8O9/c40-15-25(30(46)38-24(31(47)48)10-17-3-5-20(41)6-4-17)39-28(44)22(11-18-2-1-9-32-13-18)36-29(45)23(12-19-14-33-16-34-19)37-27(43)21-7-8-26(42)35-21/h1-6,9,13-14,16,21-25,40-41H,7-8,10-12,15H2,(H,33,34)(H,35,42)(H,36,45)(H,37,43)(H,38,46)(H,39,44)(H,47,48)/t21-,22+,23-,24-,25-/m0/s1. The molecule has 0 unspecified atom stereocenters. The van der Waals surface area contributed by atoms with E-state index in [1.165, 1.54) is 49.2 Å². The maximum atomic E-state index is 13.6. The molecular weight excluding hydrogens is 628 g/mol. The number of aliphatic hydroxyl groups excluding tert-OH is 1. The Balaban J connectivity index is 1.49. The van der Waals surface area contributed by atoms with Crippen LogP contribution < -0.4 is 26.6 Å². The molecule has 5 amide bonds. The van der Waals surface area contributed by atoms with Crippen molar-refractivity contribution < 1.29 is 44.1 Å². The molecule has 1 aromatic carbocycles. The van der Waals surface area contributed by atoms with Gasteiger partial charge in [-0.2, -0.15) is 0 Å². The molecule has 17 heteroatoms. The van der Waals surface area contributed by atoms with Crippen LogP contribution in [0.15, 0.2) is 61.3 Å². The molecule has 1 saturated heterocycles. The number of rotatable bonds is 16. The van der Waals surface area contributed by atoms with Gasteiger partial charge < -0.3 is 46.9 Å². The first kappa shape index (κ1) is 35.0. The molecule has 3 aromatic rings. The lowest BCUT2D eigenvalue weighted by Crippen LogP contribution is -2.60. The van der Waals surface area contributed by atoms with Crippen molar-refractivity contribution in [1.82, 2.24) is 41.5 Å². The summed E-state index contributed by atoms with van der Waals surface area (Å²) in [7, 11) is 0. The van der Waals surface area contributed by atoms with E-state index in [1.54, 1.807) is 12.1 Å². The van der Waals surface area contributed by atoms with E-state index in [0.29, 0.717) is 16.8 Å². The summed E-state index contributed by atoms with van der Waals surface area (Å²) < 4.78 is 0. The Morgan fingerprint density at radius 1 is 0.854 bits per heavy atom. The second kappa shape index (κ2) is 16.6. The second-order valence-corrected chi connectivity index (χ2v) is 11.1. The van der Waals surface area contributed by atoms with Crippen LogP contribution in [-0.2, 0) is 48.0 Å². The minimum Gasteiger partial charge on any atom is -0.508 e.